The van der Waals surface area contributed by atoms with Gasteiger partial charge >= 0.3 is 0 Å². The van der Waals surface area contributed by atoms with Crippen molar-refractivity contribution in [1.29, 1.82) is 0 Å². The lowest BCUT2D eigenvalue weighted by atomic mass is 10.1. The second-order valence-electron chi connectivity index (χ2n) is 9.06. The van der Waals surface area contributed by atoms with Crippen molar-refractivity contribution in [2.75, 3.05) is 0 Å². The normalized spacial score (nSPS) is 9.78. The maximum absolute atomic E-state index is 11.1. The van der Waals surface area contributed by atoms with Gasteiger partial charge in [0, 0.05) is 13.4 Å². The van der Waals surface area contributed by atoms with Gasteiger partial charge in [-0.15, -0.1) is 0 Å². The first-order valence-electron chi connectivity index (χ1n) is 12.6. The summed E-state index contributed by atoms with van der Waals surface area (Å²) in [5, 5.41) is 37.4. The van der Waals surface area contributed by atoms with Crippen LogP contribution in [-0.4, -0.2) is 43.6 Å². The van der Waals surface area contributed by atoms with Crippen molar-refractivity contribution in [2.45, 2.75) is 27.7 Å². The van der Waals surface area contributed by atoms with E-state index >= 15 is 0 Å². The zero-order valence-electron chi connectivity index (χ0n) is 24.5. The van der Waals surface area contributed by atoms with Crippen molar-refractivity contribution in [3.8, 4) is 23.0 Å². The molecule has 0 aliphatic rings. The minimum absolute atomic E-state index is 0.0284. The molecule has 0 unspecified atom stereocenters. The average molecular weight is 885 g/mol. The Bertz CT molecular complexity index is 1750. The molecule has 4 aromatic carbocycles. The molecule has 0 fully saturated rings. The van der Waals surface area contributed by atoms with Gasteiger partial charge in [0.25, 0.3) is 0 Å². The van der Waals surface area contributed by atoms with E-state index < -0.39 is 0 Å². The number of ketones is 4. The molecule has 0 aromatic heterocycles. The summed E-state index contributed by atoms with van der Waals surface area (Å²) in [4.78, 5) is 43.5. The summed E-state index contributed by atoms with van der Waals surface area (Å²) in [6.07, 6.45) is 0. The Morgan fingerprint density at radius 3 is 1.48 bits per heavy atom. The Kier molecular flexibility index (Phi) is 17.0. The summed E-state index contributed by atoms with van der Waals surface area (Å²) >= 11 is 26.5. The van der Waals surface area contributed by atoms with Crippen molar-refractivity contribution in [1.82, 2.24) is 0 Å². The average Bonchev–Trinajstić information content (AvgIpc) is 2.96. The van der Waals surface area contributed by atoms with Crippen LogP contribution in [0.25, 0.3) is 0 Å². The number of para-hydroxylation sites is 1. The molecule has 4 aromatic rings. The summed E-state index contributed by atoms with van der Waals surface area (Å²) < 4.78 is 1.96. The molecule has 0 aliphatic heterocycles. The molecule has 0 radical (unpaired) electrons. The molecule has 0 saturated carbocycles. The van der Waals surface area contributed by atoms with Crippen LogP contribution >= 0.6 is 82.6 Å². The molecule has 0 saturated heterocycles. The van der Waals surface area contributed by atoms with Crippen molar-refractivity contribution >= 4 is 106 Å². The van der Waals surface area contributed by atoms with Crippen LogP contribution in [0.5, 0.6) is 23.0 Å². The molecule has 0 spiro atoms. The van der Waals surface area contributed by atoms with Crippen LogP contribution in [0.2, 0.25) is 15.1 Å². The molecule has 46 heavy (non-hydrogen) atoms. The predicted octanol–water partition coefficient (Wildman–Crippen LogP) is 10.6. The van der Waals surface area contributed by atoms with E-state index in [0.717, 1.165) is 4.47 Å². The van der Waals surface area contributed by atoms with E-state index in [1.807, 2.05) is 0 Å². The number of phenolic OH excluding ortho intramolecular Hbond substituents is 4. The van der Waals surface area contributed by atoms with E-state index in [4.69, 9.17) is 45.0 Å². The molecule has 0 aliphatic carbocycles. The van der Waals surface area contributed by atoms with Crippen LogP contribution in [0, 0.1) is 0 Å². The molecular formula is C32H26Br3Cl3O8. The van der Waals surface area contributed by atoms with Crippen LogP contribution in [0.15, 0.2) is 74.1 Å². The molecule has 4 N–H and O–H groups in total. The van der Waals surface area contributed by atoms with Gasteiger partial charge in [-0.3, -0.25) is 19.2 Å². The lowest BCUT2D eigenvalue weighted by Gasteiger charge is -2.06. The molecule has 14 heteroatoms. The number of benzene rings is 4. The van der Waals surface area contributed by atoms with Crippen LogP contribution in [-0.2, 0) is 0 Å². The lowest BCUT2D eigenvalue weighted by molar-refractivity contribution is 0.100. The van der Waals surface area contributed by atoms with Crippen molar-refractivity contribution < 1.29 is 39.6 Å². The Morgan fingerprint density at radius 2 is 1.02 bits per heavy atom. The molecule has 0 heterocycles. The van der Waals surface area contributed by atoms with Crippen LogP contribution < -0.4 is 0 Å². The highest BCUT2D eigenvalue weighted by atomic mass is 79.9. The highest BCUT2D eigenvalue weighted by Crippen LogP contribution is 2.38. The fourth-order valence-corrected chi connectivity index (χ4v) is 5.51. The summed E-state index contributed by atoms with van der Waals surface area (Å²) in [6.45, 7) is 5.53. The fraction of sp³-hybridized carbons (Fsp3) is 0.125. The third-order valence-electron chi connectivity index (χ3n) is 5.53. The zero-order chi connectivity index (χ0) is 35.5. The van der Waals surface area contributed by atoms with Gasteiger partial charge in [-0.1, -0.05) is 78.8 Å². The number of rotatable bonds is 4. The first kappa shape index (κ1) is 41.1. The largest absolute Gasteiger partial charge is 0.507 e. The van der Waals surface area contributed by atoms with Crippen molar-refractivity contribution in [3.05, 3.63) is 111 Å². The van der Waals surface area contributed by atoms with Crippen LogP contribution in [0.3, 0.4) is 0 Å². The van der Waals surface area contributed by atoms with Gasteiger partial charge in [0.15, 0.2) is 23.1 Å². The number of phenols is 4. The van der Waals surface area contributed by atoms with Gasteiger partial charge < -0.3 is 20.4 Å². The first-order chi connectivity index (χ1) is 21.3. The Balaban J connectivity index is 0.000000308. The van der Waals surface area contributed by atoms with Crippen LogP contribution in [0.4, 0.5) is 0 Å². The summed E-state index contributed by atoms with van der Waals surface area (Å²) in [5.41, 5.74) is 0.997. The van der Waals surface area contributed by atoms with Gasteiger partial charge in [-0.25, -0.2) is 0 Å². The smallest absolute Gasteiger partial charge is 0.165 e. The van der Waals surface area contributed by atoms with E-state index in [1.165, 1.54) is 58.0 Å². The molecular weight excluding hydrogens is 858 g/mol. The lowest BCUT2D eigenvalue weighted by Crippen LogP contribution is -1.95. The van der Waals surface area contributed by atoms with E-state index in [9.17, 15) is 29.4 Å². The van der Waals surface area contributed by atoms with E-state index in [-0.39, 0.29) is 72.3 Å². The van der Waals surface area contributed by atoms with Gasteiger partial charge in [-0.2, -0.15) is 0 Å². The Labute approximate surface area is 305 Å². The number of carbonyl (C=O) groups is 4. The number of carbonyl (C=O) groups excluding carboxylic acids is 4. The van der Waals surface area contributed by atoms with Crippen molar-refractivity contribution in [2.24, 2.45) is 0 Å². The molecule has 0 atom stereocenters. The monoisotopic (exact) mass is 880 g/mol. The zero-order valence-corrected chi connectivity index (χ0v) is 31.5. The van der Waals surface area contributed by atoms with Gasteiger partial charge in [-0.05, 0) is 92.2 Å². The van der Waals surface area contributed by atoms with E-state index in [0.29, 0.717) is 20.1 Å². The minimum atomic E-state index is -0.328. The number of Topliss-reactive ketones (excluding diaryl/α,β-unsaturated/α-hetero) is 4. The second kappa shape index (κ2) is 19.0. The maximum Gasteiger partial charge on any atom is 0.165 e. The SMILES string of the molecule is CC(=O)c1c(O)c(Cl)cc(Br)c1Cl.CC(=O)c1cc(Br)cc(Cl)c1O.CC(=O)c1cc(Br)ccc1O.CC(=O)c1ccccc1O. The number of halogens is 6. The summed E-state index contributed by atoms with van der Waals surface area (Å²) in [6, 6.07) is 15.8. The molecule has 0 bridgehead atoms. The topological polar surface area (TPSA) is 149 Å². The van der Waals surface area contributed by atoms with E-state index in [2.05, 4.69) is 47.8 Å². The highest BCUT2D eigenvalue weighted by molar-refractivity contribution is 9.11. The molecule has 8 nitrogen and oxygen atoms in total. The van der Waals surface area contributed by atoms with Gasteiger partial charge in [0.2, 0.25) is 0 Å². The second-order valence-corrected chi connectivity index (χ2v) is 12.9. The predicted molar refractivity (Wildman–Crippen MR) is 191 cm³/mol. The fourth-order valence-electron chi connectivity index (χ4n) is 3.30. The third kappa shape index (κ3) is 12.4. The van der Waals surface area contributed by atoms with Crippen LogP contribution in [0.1, 0.15) is 69.1 Å². The first-order valence-corrected chi connectivity index (χ1v) is 16.2. The van der Waals surface area contributed by atoms with Gasteiger partial charge in [0.05, 0.1) is 37.3 Å². The molecule has 4 rings (SSSR count). The molecule has 244 valence electrons. The quantitative estimate of drug-likeness (QED) is 0.117. The highest BCUT2D eigenvalue weighted by Gasteiger charge is 2.17. The molecule has 0 amide bonds. The number of hydrogen-bond acceptors (Lipinski definition) is 8. The standard InChI is InChI=1S/C8H5BrCl2O2.C8H6BrClO2.C8H7BrO2.C8H8O2/c1-3(12)6-7(11)4(9)2-5(10)8(6)13;1-4(11)6-2-5(9)3-7(10)8(6)12;1-5(10)7-4-6(9)2-3-8(7)11;1-6(9)7-4-2-3-5-8(7)10/h2,13H,1H3;2-3,12H,1H3;2-4,11H,1H3;2-5,10H,1H3. The number of aromatic hydroxyl groups is 4. The minimum Gasteiger partial charge on any atom is -0.507 e. The van der Waals surface area contributed by atoms with Gasteiger partial charge in [0.1, 0.15) is 23.0 Å². The summed E-state index contributed by atoms with van der Waals surface area (Å²) in [5.74, 6) is -1.14. The van der Waals surface area contributed by atoms with Crippen molar-refractivity contribution in [3.63, 3.8) is 0 Å². The van der Waals surface area contributed by atoms with E-state index in [1.54, 1.807) is 30.3 Å². The Morgan fingerprint density at radius 1 is 0.543 bits per heavy atom. The third-order valence-corrected chi connectivity index (χ3v) is 8.30. The summed E-state index contributed by atoms with van der Waals surface area (Å²) in [7, 11) is 0. The number of hydrogen-bond donors (Lipinski definition) is 4. The maximum atomic E-state index is 11.1. The Hall–Kier alpha value is -2.93.